The molecule has 19 heavy (non-hydrogen) atoms. The van der Waals surface area contributed by atoms with E-state index in [1.54, 1.807) is 7.11 Å². The van der Waals surface area contributed by atoms with Crippen molar-refractivity contribution < 1.29 is 9.47 Å². The zero-order valence-corrected chi connectivity index (χ0v) is 11.3. The molecule has 0 spiro atoms. The van der Waals surface area contributed by atoms with Gasteiger partial charge in [0.2, 0.25) is 0 Å². The quantitative estimate of drug-likeness (QED) is 0.652. The molecule has 0 unspecified atom stereocenters. The number of fused-ring (bicyclic) bond motifs is 2. The van der Waals surface area contributed by atoms with E-state index in [0.29, 0.717) is 24.0 Å². The summed E-state index contributed by atoms with van der Waals surface area (Å²) in [7, 11) is 1.58. The molecule has 2 aromatic rings. The number of pyridine rings is 1. The zero-order valence-electron chi connectivity index (χ0n) is 10.5. The molecule has 6 heteroatoms. The van der Waals surface area contributed by atoms with Crippen LogP contribution in [0.15, 0.2) is 12.1 Å². The van der Waals surface area contributed by atoms with E-state index < -0.39 is 0 Å². The Morgan fingerprint density at radius 1 is 1.47 bits per heavy atom. The lowest BCUT2D eigenvalue weighted by atomic mass is 10.0. The van der Waals surface area contributed by atoms with Gasteiger partial charge in [0.1, 0.15) is 5.75 Å². The molecule has 1 aliphatic heterocycles. The number of benzene rings is 1. The minimum Gasteiger partial charge on any atom is -0.495 e. The fraction of sp³-hybridized carbons (Fsp3) is 0.308. The van der Waals surface area contributed by atoms with E-state index in [1.807, 2.05) is 12.1 Å². The van der Waals surface area contributed by atoms with Crippen molar-refractivity contribution in [2.45, 2.75) is 13.0 Å². The molecule has 0 fully saturated rings. The van der Waals surface area contributed by atoms with Crippen molar-refractivity contribution in [2.24, 2.45) is 5.84 Å². The summed E-state index contributed by atoms with van der Waals surface area (Å²) in [5.41, 5.74) is 6.39. The number of nitrogens with zero attached hydrogens (tertiary/aromatic N) is 1. The second kappa shape index (κ2) is 4.85. The first-order valence-corrected chi connectivity index (χ1v) is 6.35. The summed E-state index contributed by atoms with van der Waals surface area (Å²) >= 11 is 6.16. The molecule has 2 heterocycles. The molecule has 1 aliphatic rings. The van der Waals surface area contributed by atoms with Crippen LogP contribution in [-0.2, 0) is 17.8 Å². The van der Waals surface area contributed by atoms with Gasteiger partial charge in [0.25, 0.3) is 0 Å². The maximum absolute atomic E-state index is 6.16. The van der Waals surface area contributed by atoms with Crippen LogP contribution in [0.1, 0.15) is 11.3 Å². The number of methoxy groups -OCH3 is 1. The molecule has 5 nitrogen and oxygen atoms in total. The van der Waals surface area contributed by atoms with Crippen molar-refractivity contribution in [1.29, 1.82) is 0 Å². The van der Waals surface area contributed by atoms with Gasteiger partial charge in [-0.05, 0) is 6.07 Å². The van der Waals surface area contributed by atoms with Gasteiger partial charge in [-0.2, -0.15) is 0 Å². The molecule has 0 aliphatic carbocycles. The zero-order chi connectivity index (χ0) is 13.4. The summed E-state index contributed by atoms with van der Waals surface area (Å²) in [4.78, 5) is 4.66. The molecule has 0 saturated carbocycles. The lowest BCUT2D eigenvalue weighted by Crippen LogP contribution is -2.18. The van der Waals surface area contributed by atoms with Gasteiger partial charge in [-0.3, -0.25) is 10.8 Å². The number of aromatic nitrogens is 1. The van der Waals surface area contributed by atoms with Crippen molar-refractivity contribution in [1.82, 2.24) is 4.98 Å². The minimum absolute atomic E-state index is 0.515. The Morgan fingerprint density at radius 3 is 3.05 bits per heavy atom. The lowest BCUT2D eigenvalue weighted by Gasteiger charge is -2.21. The van der Waals surface area contributed by atoms with E-state index in [0.717, 1.165) is 34.3 Å². The third kappa shape index (κ3) is 2.00. The van der Waals surface area contributed by atoms with Crippen molar-refractivity contribution in [2.75, 3.05) is 19.1 Å². The smallest absolute Gasteiger partial charge is 0.139 e. The Kier molecular flexibility index (Phi) is 3.18. The van der Waals surface area contributed by atoms with Gasteiger partial charge < -0.3 is 14.9 Å². The highest BCUT2D eigenvalue weighted by Crippen LogP contribution is 2.36. The van der Waals surface area contributed by atoms with Crippen LogP contribution in [-0.4, -0.2) is 18.7 Å². The van der Waals surface area contributed by atoms with Gasteiger partial charge in [-0.25, -0.2) is 0 Å². The number of nitrogen functional groups attached to an aromatic ring is 1. The predicted molar refractivity (Wildman–Crippen MR) is 74.5 cm³/mol. The average molecular weight is 280 g/mol. The van der Waals surface area contributed by atoms with Gasteiger partial charge in [0, 0.05) is 23.4 Å². The Bertz CT molecular complexity index is 646. The number of hydrogen-bond donors (Lipinski definition) is 2. The van der Waals surface area contributed by atoms with Gasteiger partial charge >= 0.3 is 0 Å². The number of hydrazine groups is 1. The van der Waals surface area contributed by atoms with Crippen molar-refractivity contribution >= 4 is 28.2 Å². The van der Waals surface area contributed by atoms with Crippen molar-refractivity contribution in [3.05, 3.63) is 28.4 Å². The van der Waals surface area contributed by atoms with Gasteiger partial charge in [-0.15, -0.1) is 0 Å². The molecule has 100 valence electrons. The fourth-order valence-corrected chi connectivity index (χ4v) is 2.62. The largest absolute Gasteiger partial charge is 0.495 e. The normalized spacial score (nSPS) is 14.3. The van der Waals surface area contributed by atoms with Crippen molar-refractivity contribution in [3.63, 3.8) is 0 Å². The van der Waals surface area contributed by atoms with Crippen LogP contribution < -0.4 is 16.0 Å². The highest BCUT2D eigenvalue weighted by molar-refractivity contribution is 6.33. The lowest BCUT2D eigenvalue weighted by molar-refractivity contribution is 0.110. The second-order valence-corrected chi connectivity index (χ2v) is 4.77. The van der Waals surface area contributed by atoms with Crippen LogP contribution in [0.3, 0.4) is 0 Å². The van der Waals surface area contributed by atoms with Crippen LogP contribution >= 0.6 is 11.6 Å². The number of nitrogens with one attached hydrogen (secondary N) is 1. The van der Waals surface area contributed by atoms with Crippen LogP contribution in [0.5, 0.6) is 5.75 Å². The molecule has 1 aromatic carbocycles. The summed E-state index contributed by atoms with van der Waals surface area (Å²) in [5.74, 6) is 6.26. The number of ether oxygens (including phenoxy) is 2. The predicted octanol–water partition coefficient (Wildman–Crippen LogP) is 2.26. The van der Waals surface area contributed by atoms with Crippen LogP contribution in [0.4, 0.5) is 5.69 Å². The van der Waals surface area contributed by atoms with E-state index in [2.05, 4.69) is 10.4 Å². The minimum atomic E-state index is 0.515. The van der Waals surface area contributed by atoms with Gasteiger partial charge in [0.05, 0.1) is 42.2 Å². The monoisotopic (exact) mass is 279 g/mol. The first-order valence-electron chi connectivity index (χ1n) is 5.98. The van der Waals surface area contributed by atoms with Crippen molar-refractivity contribution in [3.8, 4) is 5.75 Å². The Hall–Kier alpha value is -1.56. The molecule has 0 atom stereocenters. The van der Waals surface area contributed by atoms with E-state index in [9.17, 15) is 0 Å². The third-order valence-electron chi connectivity index (χ3n) is 3.32. The second-order valence-electron chi connectivity index (χ2n) is 4.36. The molecule has 0 amide bonds. The molecule has 3 rings (SSSR count). The third-order valence-corrected chi connectivity index (χ3v) is 3.61. The number of rotatable bonds is 2. The Balaban J connectivity index is 2.33. The van der Waals surface area contributed by atoms with Gasteiger partial charge in [0.15, 0.2) is 0 Å². The van der Waals surface area contributed by atoms with Gasteiger partial charge in [-0.1, -0.05) is 11.6 Å². The standard InChI is InChI=1S/C13H14ClN3O2/c1-18-12-5-11-7(4-9(12)14)13(17-15)8-6-19-3-2-10(8)16-11/h4-5H,2-3,6,15H2,1H3,(H,16,17). The highest BCUT2D eigenvalue weighted by atomic mass is 35.5. The van der Waals surface area contributed by atoms with Crippen LogP contribution in [0.2, 0.25) is 5.02 Å². The Morgan fingerprint density at radius 2 is 2.32 bits per heavy atom. The van der Waals surface area contributed by atoms with E-state index in [1.165, 1.54) is 0 Å². The molecule has 3 N–H and O–H groups in total. The SMILES string of the molecule is COc1cc2nc3c(c(NN)c2cc1Cl)COCC3. The summed E-state index contributed by atoms with van der Waals surface area (Å²) in [5, 5.41) is 1.41. The highest BCUT2D eigenvalue weighted by Gasteiger charge is 2.19. The molecular formula is C13H14ClN3O2. The molecule has 1 aromatic heterocycles. The number of nitrogens with two attached hydrogens (primary N) is 1. The topological polar surface area (TPSA) is 69.4 Å². The maximum Gasteiger partial charge on any atom is 0.139 e. The molecule has 0 radical (unpaired) electrons. The van der Waals surface area contributed by atoms with Crippen LogP contribution in [0, 0.1) is 0 Å². The summed E-state index contributed by atoms with van der Waals surface area (Å²) in [6, 6.07) is 3.64. The van der Waals surface area contributed by atoms with E-state index in [4.69, 9.17) is 26.9 Å². The number of hydrogen-bond acceptors (Lipinski definition) is 5. The summed E-state index contributed by atoms with van der Waals surface area (Å²) in [6.07, 6.45) is 0.783. The maximum atomic E-state index is 6.16. The first-order chi connectivity index (χ1) is 9.24. The number of halogens is 1. The average Bonchev–Trinajstić information content (AvgIpc) is 2.44. The molecule has 0 bridgehead atoms. The number of anilines is 1. The summed E-state index contributed by atoms with van der Waals surface area (Å²) in [6.45, 7) is 1.20. The fourth-order valence-electron chi connectivity index (χ4n) is 2.38. The molecule has 0 saturated heterocycles. The van der Waals surface area contributed by atoms with Crippen LogP contribution in [0.25, 0.3) is 10.9 Å². The van der Waals surface area contributed by atoms with E-state index >= 15 is 0 Å². The summed E-state index contributed by atoms with van der Waals surface area (Å²) < 4.78 is 10.7. The molecular weight excluding hydrogens is 266 g/mol. The van der Waals surface area contributed by atoms with E-state index in [-0.39, 0.29) is 0 Å². The Labute approximate surface area is 115 Å². The first kappa shape index (κ1) is 12.5.